The molecule has 7 heteroatoms. The maximum absolute atomic E-state index is 12.4. The number of piperidine rings is 1. The number of hydrogen-bond donors (Lipinski definition) is 1. The molecule has 138 valence electrons. The van der Waals surface area contributed by atoms with Crippen LogP contribution in [0.5, 0.6) is 0 Å². The molecule has 2 unspecified atom stereocenters. The van der Waals surface area contributed by atoms with Crippen LogP contribution in [0.1, 0.15) is 24.8 Å². The summed E-state index contributed by atoms with van der Waals surface area (Å²) < 4.78 is 24.2. The van der Waals surface area contributed by atoms with Gasteiger partial charge in [-0.1, -0.05) is 24.6 Å². The van der Waals surface area contributed by atoms with Crippen molar-refractivity contribution in [1.82, 2.24) is 10.2 Å². The van der Waals surface area contributed by atoms with Crippen LogP contribution in [0.25, 0.3) is 0 Å². The molecule has 3 rings (SSSR count). The van der Waals surface area contributed by atoms with Crippen LogP contribution in [-0.2, 0) is 14.6 Å². The van der Waals surface area contributed by atoms with Crippen LogP contribution >= 0.6 is 11.8 Å². The third-order valence-electron chi connectivity index (χ3n) is 4.98. The number of carbonyl (C=O) groups is 1. The Labute approximate surface area is 154 Å². The SMILES string of the molecule is Cc1ccccc1SCC(=O)NC1CS(=O)(=O)CC1N1CCCCC1. The lowest BCUT2D eigenvalue weighted by atomic mass is 10.1. The first-order valence-corrected chi connectivity index (χ1v) is 11.7. The van der Waals surface area contributed by atoms with Crippen molar-refractivity contribution in [2.75, 3.05) is 30.3 Å². The molecule has 2 atom stereocenters. The van der Waals surface area contributed by atoms with E-state index in [-0.39, 0.29) is 29.5 Å². The number of amides is 1. The number of likely N-dealkylation sites (tertiary alicyclic amines) is 1. The average Bonchev–Trinajstić information content (AvgIpc) is 2.89. The minimum atomic E-state index is -3.08. The van der Waals surface area contributed by atoms with E-state index in [4.69, 9.17) is 0 Å². The molecule has 0 aromatic heterocycles. The Morgan fingerprint density at radius 3 is 2.64 bits per heavy atom. The molecule has 2 heterocycles. The van der Waals surface area contributed by atoms with Crippen molar-refractivity contribution < 1.29 is 13.2 Å². The third-order valence-corrected chi connectivity index (χ3v) is 7.87. The van der Waals surface area contributed by atoms with E-state index in [1.165, 1.54) is 18.2 Å². The van der Waals surface area contributed by atoms with Crippen molar-refractivity contribution in [2.45, 2.75) is 43.2 Å². The van der Waals surface area contributed by atoms with Crippen LogP contribution in [-0.4, -0.2) is 61.7 Å². The molecule has 0 aliphatic carbocycles. The lowest BCUT2D eigenvalue weighted by Crippen LogP contribution is -2.52. The number of nitrogens with zero attached hydrogens (tertiary/aromatic N) is 1. The first kappa shape index (κ1) is 18.7. The molecule has 1 amide bonds. The van der Waals surface area contributed by atoms with E-state index in [0.29, 0.717) is 5.75 Å². The smallest absolute Gasteiger partial charge is 0.230 e. The number of benzene rings is 1. The number of thioether (sulfide) groups is 1. The zero-order valence-corrected chi connectivity index (χ0v) is 16.2. The first-order valence-electron chi connectivity index (χ1n) is 8.87. The Morgan fingerprint density at radius 2 is 1.92 bits per heavy atom. The molecule has 5 nitrogen and oxygen atoms in total. The summed E-state index contributed by atoms with van der Waals surface area (Å²) in [5, 5.41) is 2.99. The number of sulfone groups is 1. The molecule has 1 aromatic carbocycles. The summed E-state index contributed by atoms with van der Waals surface area (Å²) >= 11 is 1.50. The summed E-state index contributed by atoms with van der Waals surface area (Å²) in [5.41, 5.74) is 1.15. The van der Waals surface area contributed by atoms with Crippen molar-refractivity contribution in [3.05, 3.63) is 29.8 Å². The summed E-state index contributed by atoms with van der Waals surface area (Å²) in [7, 11) is -3.08. The van der Waals surface area contributed by atoms with Gasteiger partial charge in [-0.3, -0.25) is 9.69 Å². The number of hydrogen-bond acceptors (Lipinski definition) is 5. The minimum Gasteiger partial charge on any atom is -0.350 e. The van der Waals surface area contributed by atoms with E-state index in [2.05, 4.69) is 10.2 Å². The van der Waals surface area contributed by atoms with Crippen LogP contribution in [0.4, 0.5) is 0 Å². The first-order chi connectivity index (χ1) is 11.9. The van der Waals surface area contributed by atoms with Crippen LogP contribution in [0, 0.1) is 6.92 Å². The van der Waals surface area contributed by atoms with Crippen molar-refractivity contribution in [1.29, 1.82) is 0 Å². The number of nitrogens with one attached hydrogen (secondary N) is 1. The zero-order chi connectivity index (χ0) is 17.9. The van der Waals surface area contributed by atoms with Crippen LogP contribution in [0.15, 0.2) is 29.2 Å². The maximum Gasteiger partial charge on any atom is 0.230 e. The molecule has 2 aliphatic heterocycles. The fraction of sp³-hybridized carbons (Fsp3) is 0.611. The normalized spacial score (nSPS) is 26.4. The van der Waals surface area contributed by atoms with Crippen molar-refractivity contribution in [3.63, 3.8) is 0 Å². The average molecular weight is 383 g/mol. The summed E-state index contributed by atoms with van der Waals surface area (Å²) in [5.74, 6) is 0.462. The largest absolute Gasteiger partial charge is 0.350 e. The van der Waals surface area contributed by atoms with Crippen LogP contribution in [0.2, 0.25) is 0 Å². The minimum absolute atomic E-state index is 0.0644. The van der Waals surface area contributed by atoms with Gasteiger partial charge in [0, 0.05) is 10.9 Å². The van der Waals surface area contributed by atoms with Crippen LogP contribution in [0.3, 0.4) is 0 Å². The molecule has 0 bridgehead atoms. The summed E-state index contributed by atoms with van der Waals surface area (Å²) in [6.07, 6.45) is 3.43. The van der Waals surface area contributed by atoms with Gasteiger partial charge in [-0.05, 0) is 44.5 Å². The monoisotopic (exact) mass is 382 g/mol. The van der Waals surface area contributed by atoms with Gasteiger partial charge in [-0.2, -0.15) is 0 Å². The Balaban J connectivity index is 1.59. The van der Waals surface area contributed by atoms with Gasteiger partial charge in [0.2, 0.25) is 5.91 Å². The predicted octanol–water partition coefficient (Wildman–Crippen LogP) is 1.85. The highest BCUT2D eigenvalue weighted by molar-refractivity contribution is 8.00. The molecule has 2 fully saturated rings. The summed E-state index contributed by atoms with van der Waals surface area (Å²) in [6, 6.07) is 7.61. The van der Waals surface area contributed by atoms with Gasteiger partial charge in [0.15, 0.2) is 9.84 Å². The zero-order valence-electron chi connectivity index (χ0n) is 14.6. The van der Waals surface area contributed by atoms with Gasteiger partial charge in [0.05, 0.1) is 23.3 Å². The molecule has 0 saturated carbocycles. The molecular formula is C18H26N2O3S2. The number of rotatable bonds is 5. The van der Waals surface area contributed by atoms with E-state index in [9.17, 15) is 13.2 Å². The molecule has 2 aliphatic rings. The maximum atomic E-state index is 12.4. The fourth-order valence-electron chi connectivity index (χ4n) is 3.69. The second-order valence-corrected chi connectivity index (χ2v) is 10.1. The Morgan fingerprint density at radius 1 is 1.20 bits per heavy atom. The van der Waals surface area contributed by atoms with E-state index in [1.54, 1.807) is 0 Å². The van der Waals surface area contributed by atoms with E-state index >= 15 is 0 Å². The van der Waals surface area contributed by atoms with Gasteiger partial charge < -0.3 is 5.32 Å². The molecule has 1 N–H and O–H groups in total. The standard InChI is InChI=1S/C18H26N2O3S2/c1-14-7-3-4-8-17(14)24-11-18(21)19-15-12-25(22,23)13-16(15)20-9-5-2-6-10-20/h3-4,7-8,15-16H,2,5-6,9-13H2,1H3,(H,19,21). The molecule has 25 heavy (non-hydrogen) atoms. The second-order valence-electron chi connectivity index (χ2n) is 6.97. The molecule has 0 spiro atoms. The lowest BCUT2D eigenvalue weighted by molar-refractivity contribution is -0.119. The predicted molar refractivity (Wildman–Crippen MR) is 102 cm³/mol. The Bertz CT molecular complexity index is 715. The van der Waals surface area contributed by atoms with Crippen molar-refractivity contribution in [3.8, 4) is 0 Å². The van der Waals surface area contributed by atoms with Gasteiger partial charge in [-0.25, -0.2) is 8.42 Å². The highest BCUT2D eigenvalue weighted by atomic mass is 32.2. The van der Waals surface area contributed by atoms with E-state index in [1.807, 2.05) is 31.2 Å². The lowest BCUT2D eigenvalue weighted by Gasteiger charge is -2.35. The van der Waals surface area contributed by atoms with Gasteiger partial charge >= 0.3 is 0 Å². The molecule has 2 saturated heterocycles. The molecule has 1 aromatic rings. The Hall–Kier alpha value is -1.05. The van der Waals surface area contributed by atoms with E-state index < -0.39 is 9.84 Å². The fourth-order valence-corrected chi connectivity index (χ4v) is 6.48. The summed E-state index contributed by atoms with van der Waals surface area (Å²) in [6.45, 7) is 3.89. The van der Waals surface area contributed by atoms with Crippen molar-refractivity contribution in [2.24, 2.45) is 0 Å². The quantitative estimate of drug-likeness (QED) is 0.788. The highest BCUT2D eigenvalue weighted by Crippen LogP contribution is 2.24. The Kier molecular flexibility index (Phi) is 6.07. The topological polar surface area (TPSA) is 66.5 Å². The van der Waals surface area contributed by atoms with E-state index in [0.717, 1.165) is 36.4 Å². The van der Waals surface area contributed by atoms with Gasteiger partial charge in [0.1, 0.15) is 0 Å². The van der Waals surface area contributed by atoms with Gasteiger partial charge in [-0.15, -0.1) is 11.8 Å². The van der Waals surface area contributed by atoms with Gasteiger partial charge in [0.25, 0.3) is 0 Å². The van der Waals surface area contributed by atoms with Crippen LogP contribution < -0.4 is 5.32 Å². The highest BCUT2D eigenvalue weighted by Gasteiger charge is 2.41. The third kappa shape index (κ3) is 4.99. The van der Waals surface area contributed by atoms with Crippen molar-refractivity contribution >= 4 is 27.5 Å². The number of aryl methyl sites for hydroxylation is 1. The molecule has 0 radical (unpaired) electrons. The number of carbonyl (C=O) groups excluding carboxylic acids is 1. The molecular weight excluding hydrogens is 356 g/mol. The summed E-state index contributed by atoms with van der Waals surface area (Å²) in [4.78, 5) is 15.7. The second kappa shape index (κ2) is 8.10.